The maximum Gasteiger partial charge on any atom is 0.200 e. The van der Waals surface area contributed by atoms with E-state index >= 15 is 0 Å². The minimum Gasteiger partial charge on any atom is -0.456 e. The van der Waals surface area contributed by atoms with Crippen LogP contribution >= 0.6 is 0 Å². The fraction of sp³-hybridized carbons (Fsp3) is 0.350. The molecule has 3 rings (SSSR count). The summed E-state index contributed by atoms with van der Waals surface area (Å²) in [7, 11) is 0. The van der Waals surface area contributed by atoms with Crippen LogP contribution in [0.3, 0.4) is 0 Å². The van der Waals surface area contributed by atoms with E-state index in [1.807, 2.05) is 24.3 Å². The Hall–Kier alpha value is -2.13. The number of aliphatic hydroxyl groups is 1. The van der Waals surface area contributed by atoms with Gasteiger partial charge in [0.05, 0.1) is 10.6 Å². The molecule has 0 saturated heterocycles. The Morgan fingerprint density at radius 1 is 1.26 bits per heavy atom. The van der Waals surface area contributed by atoms with E-state index in [4.69, 9.17) is 9.52 Å². The molecule has 0 amide bonds. The lowest BCUT2D eigenvalue weighted by Crippen LogP contribution is -2.40. The van der Waals surface area contributed by atoms with Crippen molar-refractivity contribution in [3.05, 3.63) is 55.8 Å². The summed E-state index contributed by atoms with van der Waals surface area (Å²) in [5, 5.41) is 10.3. The minimum atomic E-state index is 0.0390. The Kier molecular flexibility index (Phi) is 4.49. The summed E-state index contributed by atoms with van der Waals surface area (Å²) < 4.78 is 6.08. The standard InChI is InChI=1S/C20H22O3/c1-3-13-10-15(4-2)20-17(11-13)19(22)16-12-14(6-5-9-21)7-8-18(16)23-20/h6,8,10-12,21H,3-5,7,9H2,1-2H3. The van der Waals surface area contributed by atoms with Crippen molar-refractivity contribution in [2.75, 3.05) is 6.61 Å². The van der Waals surface area contributed by atoms with Gasteiger partial charge in [0.25, 0.3) is 0 Å². The van der Waals surface area contributed by atoms with Gasteiger partial charge in [0.1, 0.15) is 11.0 Å². The Bertz CT molecular complexity index is 945. The van der Waals surface area contributed by atoms with Crippen molar-refractivity contribution in [1.29, 1.82) is 0 Å². The molecule has 0 saturated carbocycles. The second-order valence-corrected chi connectivity index (χ2v) is 5.89. The lowest BCUT2D eigenvalue weighted by atomic mass is 10.00. The highest BCUT2D eigenvalue weighted by molar-refractivity contribution is 5.81. The first-order valence-corrected chi connectivity index (χ1v) is 8.28. The van der Waals surface area contributed by atoms with E-state index in [1.165, 1.54) is 0 Å². The van der Waals surface area contributed by atoms with Gasteiger partial charge in [-0.2, -0.15) is 0 Å². The zero-order valence-electron chi connectivity index (χ0n) is 13.7. The van der Waals surface area contributed by atoms with E-state index in [2.05, 4.69) is 19.9 Å². The number of aryl methyl sites for hydroxylation is 2. The fourth-order valence-electron chi connectivity index (χ4n) is 3.07. The van der Waals surface area contributed by atoms with E-state index in [1.54, 1.807) is 0 Å². The van der Waals surface area contributed by atoms with Crippen LogP contribution in [0.4, 0.5) is 0 Å². The topological polar surface area (TPSA) is 50.4 Å². The molecule has 0 unspecified atom stereocenters. The molecule has 3 heteroatoms. The van der Waals surface area contributed by atoms with Crippen molar-refractivity contribution in [3.8, 4) is 0 Å². The lowest BCUT2D eigenvalue weighted by Gasteiger charge is -2.09. The molecule has 0 spiro atoms. The molecule has 2 aromatic rings. The van der Waals surface area contributed by atoms with E-state index < -0.39 is 0 Å². The van der Waals surface area contributed by atoms with Crippen LogP contribution in [0.15, 0.2) is 33.0 Å². The summed E-state index contributed by atoms with van der Waals surface area (Å²) in [6.45, 7) is 4.30. The second kappa shape index (κ2) is 6.55. The van der Waals surface area contributed by atoms with Gasteiger partial charge < -0.3 is 9.52 Å². The molecule has 0 fully saturated rings. The number of aliphatic hydroxyl groups excluding tert-OH is 1. The highest BCUT2D eigenvalue weighted by Gasteiger charge is 2.12. The molecular weight excluding hydrogens is 288 g/mol. The number of hydrogen-bond donors (Lipinski definition) is 1. The number of rotatable bonds is 4. The van der Waals surface area contributed by atoms with Crippen molar-refractivity contribution < 1.29 is 9.52 Å². The predicted octanol–water partition coefficient (Wildman–Crippen LogP) is 2.19. The second-order valence-electron chi connectivity index (χ2n) is 5.89. The largest absolute Gasteiger partial charge is 0.456 e. The van der Waals surface area contributed by atoms with Crippen LogP contribution in [-0.4, -0.2) is 11.7 Å². The molecule has 1 N–H and O–H groups in total. The van der Waals surface area contributed by atoms with Crippen molar-refractivity contribution in [1.82, 2.24) is 0 Å². The van der Waals surface area contributed by atoms with Gasteiger partial charge in [0.15, 0.2) is 0 Å². The summed E-state index contributed by atoms with van der Waals surface area (Å²) in [4.78, 5) is 12.9. The number of allylic oxidation sites excluding steroid dienone is 1. The van der Waals surface area contributed by atoms with E-state index in [9.17, 15) is 4.79 Å². The van der Waals surface area contributed by atoms with E-state index in [0.717, 1.165) is 41.5 Å². The first-order chi connectivity index (χ1) is 11.2. The third kappa shape index (κ3) is 2.89. The molecule has 23 heavy (non-hydrogen) atoms. The van der Waals surface area contributed by atoms with Gasteiger partial charge in [0.2, 0.25) is 5.43 Å². The third-order valence-electron chi connectivity index (χ3n) is 4.37. The van der Waals surface area contributed by atoms with Gasteiger partial charge in [-0.1, -0.05) is 26.0 Å². The molecule has 0 radical (unpaired) electrons. The van der Waals surface area contributed by atoms with Crippen LogP contribution in [-0.2, 0) is 12.8 Å². The first-order valence-electron chi connectivity index (χ1n) is 8.28. The Labute approximate surface area is 135 Å². The molecule has 120 valence electrons. The van der Waals surface area contributed by atoms with Crippen LogP contribution in [0, 0.1) is 0 Å². The van der Waals surface area contributed by atoms with Gasteiger partial charge in [-0.25, -0.2) is 0 Å². The first kappa shape index (κ1) is 15.8. The smallest absolute Gasteiger partial charge is 0.200 e. The van der Waals surface area contributed by atoms with Crippen LogP contribution in [0.2, 0.25) is 0 Å². The maximum atomic E-state index is 12.9. The highest BCUT2D eigenvalue weighted by atomic mass is 16.3. The number of fused-ring (bicyclic) bond motifs is 2. The monoisotopic (exact) mass is 310 g/mol. The molecule has 1 aromatic carbocycles. The zero-order valence-corrected chi connectivity index (χ0v) is 13.7. The van der Waals surface area contributed by atoms with Crippen molar-refractivity contribution in [2.24, 2.45) is 0 Å². The van der Waals surface area contributed by atoms with Crippen molar-refractivity contribution in [2.45, 2.75) is 39.5 Å². The summed E-state index contributed by atoms with van der Waals surface area (Å²) in [6, 6.07) is 4.09. The van der Waals surface area contributed by atoms with Gasteiger partial charge in [-0.15, -0.1) is 0 Å². The van der Waals surface area contributed by atoms with Gasteiger partial charge in [0, 0.05) is 6.61 Å². The molecule has 3 nitrogen and oxygen atoms in total. The molecular formula is C20H22O3. The highest BCUT2D eigenvalue weighted by Crippen LogP contribution is 2.19. The van der Waals surface area contributed by atoms with Gasteiger partial charge in [-0.3, -0.25) is 4.79 Å². The average molecular weight is 310 g/mol. The normalized spacial score (nSPS) is 15.3. The van der Waals surface area contributed by atoms with Crippen LogP contribution in [0.25, 0.3) is 23.1 Å². The molecule has 1 aliphatic rings. The molecule has 1 aliphatic carbocycles. The quantitative estimate of drug-likeness (QED) is 0.942. The average Bonchev–Trinajstić information content (AvgIpc) is 2.59. The maximum absolute atomic E-state index is 12.9. The SMILES string of the molecule is CCc1cc(CC)c2oc3c(c(=O)c2c1)=CC(=CCCO)CC=3. The van der Waals surface area contributed by atoms with Crippen LogP contribution < -0.4 is 16.1 Å². The summed E-state index contributed by atoms with van der Waals surface area (Å²) in [5.41, 5.74) is 4.74. The minimum absolute atomic E-state index is 0.0390. The Morgan fingerprint density at radius 2 is 2.09 bits per heavy atom. The van der Waals surface area contributed by atoms with E-state index in [0.29, 0.717) is 22.4 Å². The third-order valence-corrected chi connectivity index (χ3v) is 4.37. The van der Waals surface area contributed by atoms with Gasteiger partial charge >= 0.3 is 0 Å². The fourth-order valence-corrected chi connectivity index (χ4v) is 3.07. The van der Waals surface area contributed by atoms with Crippen LogP contribution in [0.5, 0.6) is 0 Å². The molecule has 0 bridgehead atoms. The molecule has 0 aliphatic heterocycles. The van der Waals surface area contributed by atoms with Gasteiger partial charge in [-0.05, 0) is 60.6 Å². The van der Waals surface area contributed by atoms with Crippen molar-refractivity contribution in [3.63, 3.8) is 0 Å². The summed E-state index contributed by atoms with van der Waals surface area (Å²) in [5.74, 6) is 0. The lowest BCUT2D eigenvalue weighted by molar-refractivity contribution is 0.302. The predicted molar refractivity (Wildman–Crippen MR) is 93.8 cm³/mol. The summed E-state index contributed by atoms with van der Waals surface area (Å²) in [6.07, 6.45) is 8.92. The Morgan fingerprint density at radius 3 is 2.78 bits per heavy atom. The summed E-state index contributed by atoms with van der Waals surface area (Å²) >= 11 is 0. The van der Waals surface area contributed by atoms with Crippen LogP contribution in [0.1, 0.15) is 37.8 Å². The molecule has 0 atom stereocenters. The molecule has 1 aromatic heterocycles. The molecule has 1 heterocycles. The Balaban J connectivity index is 2.34. The van der Waals surface area contributed by atoms with E-state index in [-0.39, 0.29) is 12.0 Å². The van der Waals surface area contributed by atoms with Crippen molar-refractivity contribution >= 4 is 23.1 Å². The number of benzene rings is 1. The zero-order chi connectivity index (χ0) is 16.4. The number of hydrogen-bond acceptors (Lipinski definition) is 3.